The van der Waals surface area contributed by atoms with Gasteiger partial charge in [0.15, 0.2) is 0 Å². The average molecular weight is 324 g/mol. The summed E-state index contributed by atoms with van der Waals surface area (Å²) in [6, 6.07) is 9.99. The third kappa shape index (κ3) is 14.2. The summed E-state index contributed by atoms with van der Waals surface area (Å²) in [6.07, 6.45) is 0. The van der Waals surface area contributed by atoms with Crippen LogP contribution < -0.4 is 29.3 Å². The van der Waals surface area contributed by atoms with Crippen molar-refractivity contribution in [2.45, 2.75) is 6.54 Å². The van der Waals surface area contributed by atoms with Crippen molar-refractivity contribution in [3.63, 3.8) is 0 Å². The number of benzene rings is 1. The number of nitrogens with two attached hydrogens (primary N) is 1. The number of hydrogen-bond donors (Lipinski definition) is 1. The second kappa shape index (κ2) is 22.9. The van der Waals surface area contributed by atoms with E-state index in [4.69, 9.17) is 5.73 Å². The van der Waals surface area contributed by atoms with Gasteiger partial charge in [0, 0.05) is 6.54 Å². The Morgan fingerprint density at radius 2 is 1.14 bits per heavy atom. The van der Waals surface area contributed by atoms with E-state index in [0.29, 0.717) is 6.54 Å². The molecule has 0 amide bonds. The second-order valence-corrected chi connectivity index (χ2v) is 1.69. The molecule has 0 heterocycles. The molecule has 1 aromatic carbocycles. The van der Waals surface area contributed by atoms with Crippen molar-refractivity contribution in [3.05, 3.63) is 35.9 Å². The maximum absolute atomic E-state index is 5.35. The van der Waals surface area contributed by atoms with Crippen LogP contribution in [0.3, 0.4) is 0 Å². The minimum atomic E-state index is 0. The Morgan fingerprint density at radius 3 is 1.36 bits per heavy atom. The van der Waals surface area contributed by atoms with Crippen LogP contribution in [0.25, 0.3) is 0 Å². The zero-order chi connectivity index (χ0) is 5.82. The molecule has 14 heavy (non-hydrogen) atoms. The summed E-state index contributed by atoms with van der Waals surface area (Å²) in [4.78, 5) is 0. The van der Waals surface area contributed by atoms with Crippen molar-refractivity contribution >= 4 is 24.4 Å². The third-order valence-corrected chi connectivity index (χ3v) is 1.08. The molecule has 0 saturated heterocycles. The predicted molar refractivity (Wildman–Crippen MR) is 40.1 cm³/mol. The Kier molecular flexibility index (Phi) is 61.2. The Hall–Kier alpha value is -0.352. The molecule has 1 nitrogen and oxygen atoms in total. The first-order valence-electron chi connectivity index (χ1n) is 2.67. The van der Waals surface area contributed by atoms with Gasteiger partial charge in [-0.05, 0) is 5.56 Å². The van der Waals surface area contributed by atoms with E-state index >= 15 is 0 Å². The largest absolute Gasteiger partial charge is 3.00 e. The van der Waals surface area contributed by atoms with E-state index in [-0.39, 0.29) is 47.9 Å². The predicted octanol–water partition coefficient (Wildman–Crippen LogP) is -14.2. The Labute approximate surface area is 96.4 Å². The van der Waals surface area contributed by atoms with Crippen molar-refractivity contribution in [2.75, 3.05) is 0 Å². The minimum absolute atomic E-state index is 0. The molecular formula is C7H9F5NSb-2. The molecule has 7 heteroatoms. The maximum Gasteiger partial charge on any atom is 3.00 e. The Morgan fingerprint density at radius 1 is 0.786 bits per heavy atom. The summed E-state index contributed by atoms with van der Waals surface area (Å²) in [7, 11) is 0. The molecule has 2 N–H and O–H groups in total. The van der Waals surface area contributed by atoms with Crippen LogP contribution in [0.4, 0.5) is 0 Å². The summed E-state index contributed by atoms with van der Waals surface area (Å²) in [5.74, 6) is 0. The van der Waals surface area contributed by atoms with Crippen LogP contribution in [0.15, 0.2) is 30.3 Å². The maximum atomic E-state index is 5.35. The van der Waals surface area contributed by atoms with Crippen LogP contribution in [-0.2, 0) is 6.54 Å². The van der Waals surface area contributed by atoms with Gasteiger partial charge in [-0.25, -0.2) is 0 Å². The molecule has 0 unspecified atom stereocenters. The second-order valence-electron chi connectivity index (χ2n) is 1.69. The van der Waals surface area contributed by atoms with Crippen molar-refractivity contribution in [1.82, 2.24) is 0 Å². The van der Waals surface area contributed by atoms with E-state index in [2.05, 4.69) is 0 Å². The van der Waals surface area contributed by atoms with E-state index in [0.717, 1.165) is 0 Å². The van der Waals surface area contributed by atoms with Gasteiger partial charge < -0.3 is 29.3 Å². The summed E-state index contributed by atoms with van der Waals surface area (Å²) in [5, 5.41) is 0. The van der Waals surface area contributed by atoms with Gasteiger partial charge in [0.05, 0.1) is 0 Å². The molecule has 0 saturated carbocycles. The fourth-order valence-corrected chi connectivity index (χ4v) is 0.614. The molecule has 0 aliphatic carbocycles. The van der Waals surface area contributed by atoms with Gasteiger partial charge in [0.2, 0.25) is 0 Å². The monoisotopic (exact) mass is 323 g/mol. The smallest absolute Gasteiger partial charge is 1.00 e. The van der Waals surface area contributed by atoms with Gasteiger partial charge in [0.1, 0.15) is 0 Å². The molecule has 0 atom stereocenters. The molecule has 0 fully saturated rings. The standard InChI is InChI=1S/C7H9N.5FH.Sb/c8-6-7-4-2-1-3-5-7;;;;;;/h1-5H,6,8H2;5*1H;/q;;;;;;+3/p-5. The van der Waals surface area contributed by atoms with Crippen LogP contribution in [0, 0.1) is 0 Å². The first-order chi connectivity index (χ1) is 3.93. The van der Waals surface area contributed by atoms with Crippen LogP contribution >= 0.6 is 0 Å². The van der Waals surface area contributed by atoms with Gasteiger partial charge in [-0.2, -0.15) is 0 Å². The van der Waals surface area contributed by atoms with Gasteiger partial charge in [-0.15, -0.1) is 0 Å². The summed E-state index contributed by atoms with van der Waals surface area (Å²) in [5.41, 5.74) is 6.54. The van der Waals surface area contributed by atoms with Gasteiger partial charge in [0.25, 0.3) is 0 Å². The molecule has 84 valence electrons. The molecule has 1 aromatic rings. The van der Waals surface area contributed by atoms with E-state index in [1.807, 2.05) is 30.3 Å². The van der Waals surface area contributed by atoms with E-state index in [9.17, 15) is 0 Å². The van der Waals surface area contributed by atoms with Crippen LogP contribution in [-0.4, -0.2) is 24.4 Å². The van der Waals surface area contributed by atoms with Crippen molar-refractivity contribution in [2.24, 2.45) is 5.73 Å². The van der Waals surface area contributed by atoms with Crippen LogP contribution in [0.5, 0.6) is 0 Å². The molecular weight excluding hydrogens is 315 g/mol. The summed E-state index contributed by atoms with van der Waals surface area (Å²) in [6.45, 7) is 0.640. The zero-order valence-corrected chi connectivity index (χ0v) is 9.56. The van der Waals surface area contributed by atoms with Crippen molar-refractivity contribution < 1.29 is 23.5 Å². The fraction of sp³-hybridized carbons (Fsp3) is 0.143. The topological polar surface area (TPSA) is 26.0 Å². The minimum Gasteiger partial charge on any atom is -1.00 e. The first kappa shape index (κ1) is 37.3. The molecule has 0 aliphatic rings. The fourth-order valence-electron chi connectivity index (χ4n) is 0.614. The Balaban J connectivity index is -0.0000000267. The summed E-state index contributed by atoms with van der Waals surface area (Å²) < 4.78 is 0. The van der Waals surface area contributed by atoms with Gasteiger partial charge in [-0.3, -0.25) is 0 Å². The molecule has 2 radical (unpaired) electrons. The molecule has 0 aliphatic heterocycles. The third-order valence-electron chi connectivity index (χ3n) is 1.08. The van der Waals surface area contributed by atoms with E-state index < -0.39 is 0 Å². The molecule has 0 spiro atoms. The number of halogens is 5. The van der Waals surface area contributed by atoms with E-state index in [1.165, 1.54) is 5.56 Å². The van der Waals surface area contributed by atoms with Gasteiger partial charge >= 0.3 is 24.4 Å². The zero-order valence-electron chi connectivity index (χ0n) is 7.01. The molecule has 0 bridgehead atoms. The number of rotatable bonds is 1. The van der Waals surface area contributed by atoms with Crippen molar-refractivity contribution in [1.29, 1.82) is 0 Å². The quantitative estimate of drug-likeness (QED) is 0.403. The van der Waals surface area contributed by atoms with Crippen LogP contribution in [0.2, 0.25) is 0 Å². The molecule has 0 aromatic heterocycles. The van der Waals surface area contributed by atoms with Crippen LogP contribution in [0.1, 0.15) is 5.56 Å². The van der Waals surface area contributed by atoms with E-state index in [1.54, 1.807) is 0 Å². The SMILES string of the molecule is NCc1ccccc1.[F-].[F-].[F-].[F-].[F-].[Sb+3]. The molecule has 1 rings (SSSR count). The normalized spacial score (nSPS) is 5.21. The Bertz CT molecular complexity index is 163. The van der Waals surface area contributed by atoms with Crippen molar-refractivity contribution in [3.8, 4) is 0 Å². The van der Waals surface area contributed by atoms with Gasteiger partial charge in [-0.1, -0.05) is 30.3 Å². The average Bonchev–Trinajstić information content (AvgIpc) is 1.90. The number of hydrogen-bond acceptors (Lipinski definition) is 1. The summed E-state index contributed by atoms with van der Waals surface area (Å²) >= 11 is 0. The first-order valence-corrected chi connectivity index (χ1v) is 2.67.